The summed E-state index contributed by atoms with van der Waals surface area (Å²) in [5, 5.41) is 8.12. The molecule has 1 aliphatic rings. The molecule has 0 aliphatic heterocycles. The third-order valence-corrected chi connectivity index (χ3v) is 5.63. The van der Waals surface area contributed by atoms with Gasteiger partial charge in [-0.3, -0.25) is 0 Å². The highest BCUT2D eigenvalue weighted by atomic mass is 127. The number of aliphatic imine (C=N–C) groups is 1. The second-order valence-electron chi connectivity index (χ2n) is 4.65. The van der Waals surface area contributed by atoms with Crippen molar-refractivity contribution in [2.75, 3.05) is 6.54 Å². The first-order valence-corrected chi connectivity index (χ1v) is 8.47. The molecule has 2 rings (SSSR count). The number of halogens is 1. The Morgan fingerprint density at radius 3 is 2.65 bits per heavy atom. The van der Waals surface area contributed by atoms with Crippen LogP contribution in [0.5, 0.6) is 0 Å². The number of hydrogen-bond donors (Lipinski definition) is 3. The van der Waals surface area contributed by atoms with E-state index in [-0.39, 0.29) is 28.2 Å². The standard InChI is InChI=1S/C11H18N4O2S2.HI/c12-11(14-6-8-2-1-3-8)15-7-9-4-5-10(18-9)19(13,16)17;/h4-5,8H,1-3,6-7H2,(H3,12,14,15)(H2,13,16,17);1H. The van der Waals surface area contributed by atoms with Gasteiger partial charge in [0.25, 0.3) is 0 Å². The highest BCUT2D eigenvalue weighted by molar-refractivity contribution is 14.0. The maximum absolute atomic E-state index is 11.1. The van der Waals surface area contributed by atoms with Crippen LogP contribution >= 0.6 is 35.3 Å². The molecular formula is C11H19IN4O2S2. The summed E-state index contributed by atoms with van der Waals surface area (Å²) in [5.74, 6) is 1.11. The number of thiophene rings is 1. The van der Waals surface area contributed by atoms with Gasteiger partial charge in [-0.2, -0.15) is 0 Å². The number of hydrogen-bond acceptors (Lipinski definition) is 4. The summed E-state index contributed by atoms with van der Waals surface area (Å²) in [6.07, 6.45) is 3.81. The van der Waals surface area contributed by atoms with Gasteiger partial charge in [0.05, 0.1) is 6.54 Å². The van der Waals surface area contributed by atoms with Crippen LogP contribution in [-0.4, -0.2) is 20.9 Å². The molecule has 0 amide bonds. The van der Waals surface area contributed by atoms with Gasteiger partial charge in [-0.1, -0.05) is 6.42 Å². The zero-order valence-electron chi connectivity index (χ0n) is 10.9. The Labute approximate surface area is 140 Å². The Morgan fingerprint density at radius 1 is 1.45 bits per heavy atom. The van der Waals surface area contributed by atoms with Crippen LogP contribution in [0, 0.1) is 5.92 Å². The average Bonchev–Trinajstić information content (AvgIpc) is 2.72. The van der Waals surface area contributed by atoms with Crippen molar-refractivity contribution < 1.29 is 8.42 Å². The van der Waals surface area contributed by atoms with Crippen molar-refractivity contribution in [2.24, 2.45) is 21.8 Å². The fourth-order valence-electron chi connectivity index (χ4n) is 1.76. The monoisotopic (exact) mass is 430 g/mol. The molecule has 114 valence electrons. The van der Waals surface area contributed by atoms with Gasteiger partial charge >= 0.3 is 0 Å². The topological polar surface area (TPSA) is 111 Å². The second-order valence-corrected chi connectivity index (χ2v) is 7.60. The minimum atomic E-state index is -3.61. The predicted octanol–water partition coefficient (Wildman–Crippen LogP) is 1.22. The van der Waals surface area contributed by atoms with E-state index in [4.69, 9.17) is 10.9 Å². The molecular weight excluding hydrogens is 411 g/mol. The van der Waals surface area contributed by atoms with Gasteiger partial charge in [0.2, 0.25) is 10.0 Å². The van der Waals surface area contributed by atoms with Gasteiger partial charge in [0.1, 0.15) is 4.21 Å². The Morgan fingerprint density at radius 2 is 2.15 bits per heavy atom. The third-order valence-electron chi connectivity index (χ3n) is 3.12. The molecule has 1 saturated carbocycles. The minimum Gasteiger partial charge on any atom is -0.370 e. The van der Waals surface area contributed by atoms with E-state index in [2.05, 4.69) is 10.3 Å². The van der Waals surface area contributed by atoms with Gasteiger partial charge in [-0.15, -0.1) is 35.3 Å². The lowest BCUT2D eigenvalue weighted by molar-refractivity contribution is 0.315. The van der Waals surface area contributed by atoms with Crippen molar-refractivity contribution in [3.05, 3.63) is 17.0 Å². The molecule has 0 spiro atoms. The summed E-state index contributed by atoms with van der Waals surface area (Å²) < 4.78 is 22.4. The maximum Gasteiger partial charge on any atom is 0.247 e. The number of nitrogens with one attached hydrogen (secondary N) is 1. The number of sulfonamides is 1. The highest BCUT2D eigenvalue weighted by Crippen LogP contribution is 2.25. The van der Waals surface area contributed by atoms with E-state index < -0.39 is 10.0 Å². The van der Waals surface area contributed by atoms with Crippen molar-refractivity contribution >= 4 is 51.3 Å². The zero-order valence-corrected chi connectivity index (χ0v) is 14.9. The second kappa shape index (κ2) is 7.57. The molecule has 9 heteroatoms. The number of nitrogens with zero attached hydrogens (tertiary/aromatic N) is 1. The normalized spacial score (nSPS) is 16.4. The maximum atomic E-state index is 11.1. The van der Waals surface area contributed by atoms with Crippen molar-refractivity contribution in [3.8, 4) is 0 Å². The Bertz CT molecular complexity index is 567. The van der Waals surface area contributed by atoms with Crippen LogP contribution in [0.15, 0.2) is 21.3 Å². The summed E-state index contributed by atoms with van der Waals surface area (Å²) >= 11 is 1.12. The van der Waals surface area contributed by atoms with E-state index >= 15 is 0 Å². The average molecular weight is 430 g/mol. The van der Waals surface area contributed by atoms with E-state index in [0.29, 0.717) is 18.4 Å². The molecule has 0 radical (unpaired) electrons. The van der Waals surface area contributed by atoms with Crippen molar-refractivity contribution in [3.63, 3.8) is 0 Å². The van der Waals surface area contributed by atoms with Crippen LogP contribution in [-0.2, 0) is 16.6 Å². The molecule has 1 aliphatic carbocycles. The van der Waals surface area contributed by atoms with Crippen LogP contribution in [0.25, 0.3) is 0 Å². The Kier molecular flexibility index (Phi) is 6.69. The van der Waals surface area contributed by atoms with Crippen LogP contribution in [0.2, 0.25) is 0 Å². The van der Waals surface area contributed by atoms with Gasteiger partial charge in [-0.25, -0.2) is 18.5 Å². The summed E-state index contributed by atoms with van der Waals surface area (Å²) in [5.41, 5.74) is 5.74. The molecule has 0 bridgehead atoms. The largest absolute Gasteiger partial charge is 0.370 e. The van der Waals surface area contributed by atoms with Crippen LogP contribution in [0.1, 0.15) is 24.1 Å². The fourth-order valence-corrected chi connectivity index (χ4v) is 3.46. The van der Waals surface area contributed by atoms with Gasteiger partial charge < -0.3 is 11.1 Å². The Balaban J connectivity index is 0.00000200. The molecule has 5 N–H and O–H groups in total. The van der Waals surface area contributed by atoms with Crippen molar-refractivity contribution in [2.45, 2.75) is 30.0 Å². The summed E-state index contributed by atoms with van der Waals surface area (Å²) in [6.45, 7) is 1.23. The van der Waals surface area contributed by atoms with E-state index in [0.717, 1.165) is 22.8 Å². The molecule has 1 aromatic rings. The zero-order chi connectivity index (χ0) is 13.9. The van der Waals surface area contributed by atoms with E-state index in [9.17, 15) is 8.42 Å². The van der Waals surface area contributed by atoms with Crippen LogP contribution < -0.4 is 16.2 Å². The fraction of sp³-hybridized carbons (Fsp3) is 0.545. The van der Waals surface area contributed by atoms with Crippen molar-refractivity contribution in [1.82, 2.24) is 5.32 Å². The molecule has 0 aromatic carbocycles. The molecule has 20 heavy (non-hydrogen) atoms. The van der Waals surface area contributed by atoms with E-state index in [1.807, 2.05) is 0 Å². The summed E-state index contributed by atoms with van der Waals surface area (Å²) in [7, 11) is -3.61. The molecule has 6 nitrogen and oxygen atoms in total. The number of nitrogens with two attached hydrogens (primary N) is 2. The lowest BCUT2D eigenvalue weighted by Crippen LogP contribution is -2.37. The van der Waals surface area contributed by atoms with E-state index in [1.165, 1.54) is 25.3 Å². The SMILES string of the molecule is I.NC(=NCc1ccc(S(N)(=O)=O)s1)NCC1CCC1. The van der Waals surface area contributed by atoms with Gasteiger partial charge in [-0.05, 0) is 30.9 Å². The van der Waals surface area contributed by atoms with E-state index in [1.54, 1.807) is 6.07 Å². The van der Waals surface area contributed by atoms with Gasteiger partial charge in [0, 0.05) is 11.4 Å². The summed E-state index contributed by atoms with van der Waals surface area (Å²) in [6, 6.07) is 3.19. The quantitative estimate of drug-likeness (QED) is 0.371. The van der Waals surface area contributed by atoms with Crippen LogP contribution in [0.4, 0.5) is 0 Å². The lowest BCUT2D eigenvalue weighted by Gasteiger charge is -2.25. The first kappa shape index (κ1) is 17.7. The van der Waals surface area contributed by atoms with Crippen LogP contribution in [0.3, 0.4) is 0 Å². The number of rotatable bonds is 5. The molecule has 1 aromatic heterocycles. The molecule has 1 heterocycles. The smallest absolute Gasteiger partial charge is 0.247 e. The van der Waals surface area contributed by atoms with Gasteiger partial charge in [0.15, 0.2) is 5.96 Å². The summed E-state index contributed by atoms with van der Waals surface area (Å²) in [4.78, 5) is 5.00. The predicted molar refractivity (Wildman–Crippen MR) is 91.8 cm³/mol. The lowest BCUT2D eigenvalue weighted by atomic mass is 9.85. The first-order valence-electron chi connectivity index (χ1n) is 6.10. The number of primary sulfonamides is 1. The number of guanidine groups is 1. The molecule has 0 atom stereocenters. The highest BCUT2D eigenvalue weighted by Gasteiger charge is 2.16. The minimum absolute atomic E-state index is 0. The molecule has 0 saturated heterocycles. The molecule has 1 fully saturated rings. The third kappa shape index (κ3) is 5.19. The van der Waals surface area contributed by atoms with Crippen molar-refractivity contribution in [1.29, 1.82) is 0 Å². The Hall–Kier alpha value is -0.390. The first-order chi connectivity index (χ1) is 8.95. The molecule has 0 unspecified atom stereocenters.